The van der Waals surface area contributed by atoms with Crippen molar-refractivity contribution in [2.24, 2.45) is 0 Å². The van der Waals surface area contributed by atoms with E-state index in [0.29, 0.717) is 30.8 Å². The third kappa shape index (κ3) is 2.14. The quantitative estimate of drug-likeness (QED) is 0.808. The second kappa shape index (κ2) is 5.17. The standard InChI is InChI=1S/C15H15FN2O2/c1-2-14(19)12-9-13-15(20-8-7-18(13)17-12)10-5-3-4-6-11(10)16/h3-6,9,15H,2,7-8H2,1H3/t15-/m0/s1. The molecule has 1 aromatic carbocycles. The molecule has 4 nitrogen and oxygen atoms in total. The van der Waals surface area contributed by atoms with Crippen LogP contribution in [0.3, 0.4) is 0 Å². The normalized spacial score (nSPS) is 17.8. The number of carbonyl (C=O) groups excluding carboxylic acids is 1. The minimum Gasteiger partial charge on any atom is -0.365 e. The first-order chi connectivity index (χ1) is 9.70. The van der Waals surface area contributed by atoms with Crippen LogP contribution in [0.5, 0.6) is 0 Å². The van der Waals surface area contributed by atoms with Gasteiger partial charge in [0.05, 0.1) is 18.8 Å². The molecule has 1 aliphatic rings. The number of fused-ring (bicyclic) bond motifs is 1. The zero-order chi connectivity index (χ0) is 14.1. The van der Waals surface area contributed by atoms with E-state index in [2.05, 4.69) is 5.10 Å². The maximum atomic E-state index is 13.9. The Hall–Kier alpha value is -2.01. The Morgan fingerprint density at radius 2 is 2.30 bits per heavy atom. The van der Waals surface area contributed by atoms with Gasteiger partial charge in [-0.25, -0.2) is 4.39 Å². The minimum atomic E-state index is -0.504. The summed E-state index contributed by atoms with van der Waals surface area (Å²) in [5, 5.41) is 4.29. The highest BCUT2D eigenvalue weighted by Crippen LogP contribution is 2.31. The molecule has 0 radical (unpaired) electrons. The number of hydrogen-bond acceptors (Lipinski definition) is 3. The van der Waals surface area contributed by atoms with Crippen LogP contribution in [0.25, 0.3) is 0 Å². The van der Waals surface area contributed by atoms with Crippen molar-refractivity contribution in [3.8, 4) is 0 Å². The number of Topliss-reactive ketones (excluding diaryl/α,β-unsaturated/α-hetero) is 1. The molecule has 0 amide bonds. The number of nitrogens with zero attached hydrogens (tertiary/aromatic N) is 2. The number of aromatic nitrogens is 2. The van der Waals surface area contributed by atoms with Crippen LogP contribution >= 0.6 is 0 Å². The van der Waals surface area contributed by atoms with Gasteiger partial charge in [-0.3, -0.25) is 9.48 Å². The molecule has 0 bridgehead atoms. The summed E-state index contributed by atoms with van der Waals surface area (Å²) >= 11 is 0. The predicted octanol–water partition coefficient (Wildman–Crippen LogP) is 2.73. The summed E-state index contributed by atoms with van der Waals surface area (Å²) < 4.78 is 21.3. The third-order valence-electron chi connectivity index (χ3n) is 3.46. The molecule has 1 atom stereocenters. The Balaban J connectivity index is 2.04. The van der Waals surface area contributed by atoms with Crippen molar-refractivity contribution in [3.05, 3.63) is 53.1 Å². The van der Waals surface area contributed by atoms with Crippen LogP contribution in [0, 0.1) is 5.82 Å². The van der Waals surface area contributed by atoms with Gasteiger partial charge in [0.1, 0.15) is 17.6 Å². The number of carbonyl (C=O) groups is 1. The van der Waals surface area contributed by atoms with Crippen molar-refractivity contribution < 1.29 is 13.9 Å². The van der Waals surface area contributed by atoms with Crippen LogP contribution < -0.4 is 0 Å². The molecule has 0 saturated carbocycles. The Morgan fingerprint density at radius 1 is 1.50 bits per heavy atom. The molecule has 20 heavy (non-hydrogen) atoms. The van der Waals surface area contributed by atoms with Gasteiger partial charge in [-0.1, -0.05) is 25.1 Å². The van der Waals surface area contributed by atoms with E-state index in [9.17, 15) is 9.18 Å². The van der Waals surface area contributed by atoms with E-state index >= 15 is 0 Å². The Morgan fingerprint density at radius 3 is 3.05 bits per heavy atom. The van der Waals surface area contributed by atoms with Crippen molar-refractivity contribution in [1.29, 1.82) is 0 Å². The lowest BCUT2D eigenvalue weighted by molar-refractivity contribution is 0.0401. The SMILES string of the molecule is CCC(=O)c1cc2n(n1)CCO[C@H]2c1ccccc1F. The van der Waals surface area contributed by atoms with E-state index in [1.54, 1.807) is 35.9 Å². The molecular weight excluding hydrogens is 259 g/mol. The number of benzene rings is 1. The van der Waals surface area contributed by atoms with Crippen molar-refractivity contribution in [3.63, 3.8) is 0 Å². The zero-order valence-electron chi connectivity index (χ0n) is 11.2. The molecular formula is C15H15FN2O2. The second-order valence-electron chi connectivity index (χ2n) is 4.73. The summed E-state index contributed by atoms with van der Waals surface area (Å²) in [5.74, 6) is -0.324. The molecule has 0 fully saturated rings. The monoisotopic (exact) mass is 274 g/mol. The van der Waals surface area contributed by atoms with Gasteiger partial charge in [-0.05, 0) is 12.1 Å². The fraction of sp³-hybridized carbons (Fsp3) is 0.333. The molecule has 0 unspecified atom stereocenters. The van der Waals surface area contributed by atoms with Crippen LogP contribution in [0.4, 0.5) is 4.39 Å². The number of ether oxygens (including phenoxy) is 1. The first kappa shape index (κ1) is 13.0. The summed E-state index contributed by atoms with van der Waals surface area (Å²) in [4.78, 5) is 11.8. The van der Waals surface area contributed by atoms with Crippen LogP contribution in [-0.2, 0) is 11.3 Å². The average molecular weight is 274 g/mol. The molecule has 2 aromatic rings. The minimum absolute atomic E-state index is 0.0146. The van der Waals surface area contributed by atoms with E-state index in [-0.39, 0.29) is 11.6 Å². The van der Waals surface area contributed by atoms with E-state index in [4.69, 9.17) is 4.74 Å². The molecule has 1 aromatic heterocycles. The summed E-state index contributed by atoms with van der Waals surface area (Å²) in [6.45, 7) is 2.83. The lowest BCUT2D eigenvalue weighted by Crippen LogP contribution is -2.23. The highest BCUT2D eigenvalue weighted by atomic mass is 19.1. The molecule has 0 saturated heterocycles. The van der Waals surface area contributed by atoms with Crippen LogP contribution in [0.1, 0.15) is 41.2 Å². The first-order valence-corrected chi connectivity index (χ1v) is 6.67. The maximum Gasteiger partial charge on any atom is 0.182 e. The highest BCUT2D eigenvalue weighted by molar-refractivity contribution is 5.94. The van der Waals surface area contributed by atoms with Crippen molar-refractivity contribution in [2.45, 2.75) is 26.0 Å². The van der Waals surface area contributed by atoms with Crippen molar-refractivity contribution in [2.75, 3.05) is 6.61 Å². The molecule has 3 rings (SSSR count). The van der Waals surface area contributed by atoms with Gasteiger partial charge >= 0.3 is 0 Å². The number of halogens is 1. The number of rotatable bonds is 3. The Kier molecular flexibility index (Phi) is 3.36. The second-order valence-corrected chi connectivity index (χ2v) is 4.73. The summed E-state index contributed by atoms with van der Waals surface area (Å²) in [6.07, 6.45) is -0.0994. The predicted molar refractivity (Wildman–Crippen MR) is 71.0 cm³/mol. The zero-order valence-corrected chi connectivity index (χ0v) is 11.2. The van der Waals surface area contributed by atoms with E-state index in [1.807, 2.05) is 0 Å². The van der Waals surface area contributed by atoms with Gasteiger partial charge in [0, 0.05) is 12.0 Å². The Bertz CT molecular complexity index is 651. The van der Waals surface area contributed by atoms with Crippen LogP contribution in [-0.4, -0.2) is 22.2 Å². The van der Waals surface area contributed by atoms with Crippen molar-refractivity contribution in [1.82, 2.24) is 9.78 Å². The molecule has 0 aliphatic carbocycles. The molecule has 2 heterocycles. The lowest BCUT2D eigenvalue weighted by Gasteiger charge is -2.24. The van der Waals surface area contributed by atoms with E-state index in [1.165, 1.54) is 6.07 Å². The van der Waals surface area contributed by atoms with E-state index in [0.717, 1.165) is 5.69 Å². The summed E-state index contributed by atoms with van der Waals surface area (Å²) in [7, 11) is 0. The fourth-order valence-corrected chi connectivity index (χ4v) is 2.42. The van der Waals surface area contributed by atoms with Gasteiger partial charge in [-0.15, -0.1) is 0 Å². The number of ketones is 1. The molecule has 1 aliphatic heterocycles. The van der Waals surface area contributed by atoms with Gasteiger partial charge in [-0.2, -0.15) is 5.10 Å². The third-order valence-corrected chi connectivity index (χ3v) is 3.46. The van der Waals surface area contributed by atoms with Crippen molar-refractivity contribution >= 4 is 5.78 Å². The topological polar surface area (TPSA) is 44.1 Å². The average Bonchev–Trinajstić information content (AvgIpc) is 2.91. The maximum absolute atomic E-state index is 13.9. The smallest absolute Gasteiger partial charge is 0.182 e. The summed E-state index contributed by atoms with van der Waals surface area (Å²) in [5.41, 5.74) is 1.64. The molecule has 104 valence electrons. The first-order valence-electron chi connectivity index (χ1n) is 6.67. The van der Waals surface area contributed by atoms with Gasteiger partial charge in [0.25, 0.3) is 0 Å². The lowest BCUT2D eigenvalue weighted by atomic mass is 10.0. The molecule has 0 spiro atoms. The van der Waals surface area contributed by atoms with Gasteiger partial charge < -0.3 is 4.74 Å². The molecule has 5 heteroatoms. The van der Waals surface area contributed by atoms with Crippen LogP contribution in [0.15, 0.2) is 30.3 Å². The fourth-order valence-electron chi connectivity index (χ4n) is 2.42. The molecule has 0 N–H and O–H groups in total. The van der Waals surface area contributed by atoms with Gasteiger partial charge in [0.15, 0.2) is 5.78 Å². The Labute approximate surface area is 116 Å². The highest BCUT2D eigenvalue weighted by Gasteiger charge is 2.27. The van der Waals surface area contributed by atoms with E-state index < -0.39 is 6.10 Å². The summed E-state index contributed by atoms with van der Waals surface area (Å²) in [6, 6.07) is 8.23. The van der Waals surface area contributed by atoms with Crippen LogP contribution in [0.2, 0.25) is 0 Å². The largest absolute Gasteiger partial charge is 0.365 e. The number of hydrogen-bond donors (Lipinski definition) is 0. The van der Waals surface area contributed by atoms with Gasteiger partial charge in [0.2, 0.25) is 0 Å².